The number of alkyl halides is 3. The van der Waals surface area contributed by atoms with Crippen molar-refractivity contribution in [2.75, 3.05) is 24.7 Å². The fraction of sp³-hybridized carbons (Fsp3) is 0.344. The fourth-order valence-electron chi connectivity index (χ4n) is 5.78. The number of aromatic nitrogens is 3. The van der Waals surface area contributed by atoms with Crippen molar-refractivity contribution in [1.82, 2.24) is 19.9 Å². The van der Waals surface area contributed by atoms with Crippen LogP contribution >= 0.6 is 0 Å². The van der Waals surface area contributed by atoms with Crippen molar-refractivity contribution in [2.24, 2.45) is 7.05 Å². The Labute approximate surface area is 260 Å². The predicted octanol–water partition coefficient (Wildman–Crippen LogP) is 4.25. The van der Waals surface area contributed by atoms with Crippen molar-refractivity contribution in [3.8, 4) is 11.1 Å². The van der Waals surface area contributed by atoms with Crippen LogP contribution in [0.25, 0.3) is 22.0 Å². The van der Waals surface area contributed by atoms with Crippen LogP contribution in [-0.4, -0.2) is 69.5 Å². The number of rotatable bonds is 7. The zero-order chi connectivity index (χ0) is 33.5. The molecule has 0 bridgehead atoms. The monoisotopic (exact) mass is 641 g/mol. The highest BCUT2D eigenvalue weighted by molar-refractivity contribution is 5.99. The summed E-state index contributed by atoms with van der Waals surface area (Å²) in [6.07, 6.45) is -3.30. The van der Waals surface area contributed by atoms with Crippen molar-refractivity contribution < 1.29 is 37.0 Å². The van der Waals surface area contributed by atoms with E-state index < -0.39 is 48.1 Å². The van der Waals surface area contributed by atoms with Gasteiger partial charge in [0.15, 0.2) is 0 Å². The molecule has 1 aliphatic rings. The lowest BCUT2D eigenvalue weighted by Gasteiger charge is -2.38. The third kappa shape index (κ3) is 6.16. The number of nitrogens with zero attached hydrogens (tertiary/aromatic N) is 4. The van der Waals surface area contributed by atoms with Gasteiger partial charge in [-0.25, -0.2) is 14.2 Å². The molecule has 0 saturated carbocycles. The van der Waals surface area contributed by atoms with Crippen LogP contribution in [0.1, 0.15) is 33.0 Å². The lowest BCUT2D eigenvalue weighted by atomic mass is 9.95. The molecular weight excluding hydrogens is 610 g/mol. The number of benzene rings is 2. The molecule has 3 heterocycles. The number of amides is 1. The Morgan fingerprint density at radius 1 is 1.17 bits per heavy atom. The van der Waals surface area contributed by atoms with Crippen LogP contribution in [0, 0.1) is 26.6 Å². The van der Waals surface area contributed by atoms with Gasteiger partial charge in [-0.05, 0) is 50.1 Å². The maximum Gasteiger partial charge on any atom is 0.411 e. The number of carboxylic acid groups (broad SMARTS) is 1. The molecule has 14 heteroatoms. The van der Waals surface area contributed by atoms with Crippen LogP contribution in [0.3, 0.4) is 0 Å². The van der Waals surface area contributed by atoms with Crippen LogP contribution in [-0.2, 0) is 23.0 Å². The molecule has 2 aromatic carbocycles. The van der Waals surface area contributed by atoms with E-state index in [-0.39, 0.29) is 36.4 Å². The molecule has 0 radical (unpaired) electrons. The molecule has 5 rings (SSSR count). The van der Waals surface area contributed by atoms with Gasteiger partial charge in [-0.1, -0.05) is 18.2 Å². The van der Waals surface area contributed by atoms with E-state index in [4.69, 9.17) is 4.74 Å². The molecule has 4 aromatic rings. The number of hydrogen-bond donors (Lipinski definition) is 2. The van der Waals surface area contributed by atoms with E-state index in [0.29, 0.717) is 39.1 Å². The van der Waals surface area contributed by atoms with Gasteiger partial charge in [-0.2, -0.15) is 13.2 Å². The van der Waals surface area contributed by atoms with Gasteiger partial charge >= 0.3 is 12.1 Å². The number of halogens is 4. The van der Waals surface area contributed by atoms with E-state index in [9.17, 15) is 32.7 Å². The number of fused-ring (bicyclic) bond motifs is 1. The summed E-state index contributed by atoms with van der Waals surface area (Å²) in [5.74, 6) is -2.98. The van der Waals surface area contributed by atoms with Gasteiger partial charge in [0.1, 0.15) is 23.7 Å². The molecule has 2 N–H and O–H groups in total. The van der Waals surface area contributed by atoms with Crippen molar-refractivity contribution in [1.29, 1.82) is 0 Å². The van der Waals surface area contributed by atoms with E-state index in [1.807, 2.05) is 0 Å². The molecule has 46 heavy (non-hydrogen) atoms. The number of carboxylic acids is 1. The highest BCUT2D eigenvalue weighted by Crippen LogP contribution is 2.33. The molecule has 1 fully saturated rings. The molecule has 1 saturated heterocycles. The summed E-state index contributed by atoms with van der Waals surface area (Å²) in [6.45, 7) is 4.06. The Balaban J connectivity index is 1.45. The van der Waals surface area contributed by atoms with Crippen molar-refractivity contribution in [3.05, 3.63) is 87.0 Å². The molecule has 0 aliphatic carbocycles. The van der Waals surface area contributed by atoms with Crippen molar-refractivity contribution >= 4 is 28.5 Å². The van der Waals surface area contributed by atoms with E-state index in [1.54, 1.807) is 45.2 Å². The van der Waals surface area contributed by atoms with Crippen LogP contribution in [0.2, 0.25) is 0 Å². The van der Waals surface area contributed by atoms with E-state index in [1.165, 1.54) is 23.8 Å². The zero-order valence-corrected chi connectivity index (χ0v) is 25.4. The smallest absolute Gasteiger partial charge is 0.411 e. The third-order valence-corrected chi connectivity index (χ3v) is 8.19. The molecule has 2 aromatic heterocycles. The SMILES string of the molecule is Cc1cc(N2CCOC[C@@H]2C(F)(F)F)cc(F)c1C(=O)N[C@@H](Cc1ccc(-c2c(C)nc(C)n(C)c2=O)c2ncccc12)C(=O)O. The molecular formula is C32H31F4N5O5. The Hall–Kier alpha value is -4.85. The number of carbonyl (C=O) groups is 2. The van der Waals surface area contributed by atoms with Crippen LogP contribution in [0.15, 0.2) is 47.4 Å². The number of carbonyl (C=O) groups excluding carboxylic acids is 1. The number of aliphatic carboxylic acids is 1. The maximum atomic E-state index is 15.4. The maximum absolute atomic E-state index is 15.4. The highest BCUT2D eigenvalue weighted by Gasteiger charge is 2.45. The third-order valence-electron chi connectivity index (χ3n) is 8.19. The van der Waals surface area contributed by atoms with Crippen LogP contribution < -0.4 is 15.8 Å². The average Bonchev–Trinajstić information content (AvgIpc) is 2.99. The molecule has 10 nitrogen and oxygen atoms in total. The summed E-state index contributed by atoms with van der Waals surface area (Å²) in [5, 5.41) is 12.9. The van der Waals surface area contributed by atoms with Crippen LogP contribution in [0.5, 0.6) is 0 Å². The molecule has 2 atom stereocenters. The highest BCUT2D eigenvalue weighted by atomic mass is 19.4. The van der Waals surface area contributed by atoms with Gasteiger partial charge in [-0.3, -0.25) is 19.1 Å². The summed E-state index contributed by atoms with van der Waals surface area (Å²) in [5.41, 5.74) is 1.49. The first-order valence-corrected chi connectivity index (χ1v) is 14.3. The lowest BCUT2D eigenvalue weighted by molar-refractivity contribution is -0.167. The van der Waals surface area contributed by atoms with Crippen molar-refractivity contribution in [3.63, 3.8) is 0 Å². The minimum atomic E-state index is -4.63. The number of morpholine rings is 1. The Bertz CT molecular complexity index is 1890. The number of aryl methyl sites for hydroxylation is 3. The van der Waals surface area contributed by atoms with Gasteiger partial charge in [-0.15, -0.1) is 0 Å². The van der Waals surface area contributed by atoms with Crippen molar-refractivity contribution in [2.45, 2.75) is 45.5 Å². The minimum Gasteiger partial charge on any atom is -0.480 e. The number of nitrogens with one attached hydrogen (secondary N) is 1. The Morgan fingerprint density at radius 2 is 1.91 bits per heavy atom. The summed E-state index contributed by atoms with van der Waals surface area (Å²) >= 11 is 0. The largest absolute Gasteiger partial charge is 0.480 e. The molecule has 1 aliphatic heterocycles. The Morgan fingerprint density at radius 3 is 2.59 bits per heavy atom. The van der Waals surface area contributed by atoms with Gasteiger partial charge in [0.25, 0.3) is 11.5 Å². The second-order valence-corrected chi connectivity index (χ2v) is 11.2. The van der Waals surface area contributed by atoms with Gasteiger partial charge in [0.05, 0.1) is 35.6 Å². The summed E-state index contributed by atoms with van der Waals surface area (Å²) in [4.78, 5) is 48.6. The fourth-order valence-corrected chi connectivity index (χ4v) is 5.78. The standard InChI is InChI=1S/C32H31F4N5O5/c1-16-12-20(41-10-11-46-15-25(41)32(34,35)36)14-23(33)26(16)29(42)39-24(31(44)45)13-19-7-8-22(28-21(19)6-5-9-37-28)27-17(2)38-18(3)40(4)30(27)43/h5-9,12,14,24-25H,10-11,13,15H2,1-4H3,(H,39,42)(H,44,45)/t24-,25+/m0/s1. The van der Waals surface area contributed by atoms with Gasteiger partial charge < -0.3 is 20.1 Å². The van der Waals surface area contributed by atoms with Crippen LogP contribution in [0.4, 0.5) is 23.2 Å². The van der Waals surface area contributed by atoms with Gasteiger partial charge in [0.2, 0.25) is 0 Å². The molecule has 0 spiro atoms. The minimum absolute atomic E-state index is 0.0130. The number of pyridine rings is 1. The zero-order valence-electron chi connectivity index (χ0n) is 25.4. The lowest BCUT2D eigenvalue weighted by Crippen LogP contribution is -2.53. The second kappa shape index (κ2) is 12.5. The number of ether oxygens (including phenoxy) is 1. The quantitative estimate of drug-likeness (QED) is 0.287. The first kappa shape index (κ1) is 32.5. The molecule has 0 unspecified atom stereocenters. The second-order valence-electron chi connectivity index (χ2n) is 11.2. The average molecular weight is 642 g/mol. The number of hydrogen-bond acceptors (Lipinski definition) is 7. The summed E-state index contributed by atoms with van der Waals surface area (Å²) < 4.78 is 62.6. The summed E-state index contributed by atoms with van der Waals surface area (Å²) in [6, 6.07) is 5.26. The number of anilines is 1. The molecule has 242 valence electrons. The first-order valence-electron chi connectivity index (χ1n) is 14.3. The van der Waals surface area contributed by atoms with E-state index >= 15 is 4.39 Å². The normalized spacial score (nSPS) is 16.0. The van der Waals surface area contributed by atoms with E-state index in [0.717, 1.165) is 11.0 Å². The first-order chi connectivity index (χ1) is 21.7. The predicted molar refractivity (Wildman–Crippen MR) is 161 cm³/mol. The van der Waals surface area contributed by atoms with E-state index in [2.05, 4.69) is 15.3 Å². The van der Waals surface area contributed by atoms with Gasteiger partial charge in [0, 0.05) is 42.8 Å². The molecule has 1 amide bonds. The Kier molecular flexibility index (Phi) is 8.85. The summed E-state index contributed by atoms with van der Waals surface area (Å²) in [7, 11) is 1.61. The topological polar surface area (TPSA) is 127 Å².